The molecule has 0 saturated carbocycles. The van der Waals surface area contributed by atoms with Gasteiger partial charge in [0.15, 0.2) is 6.10 Å². The zero-order valence-electron chi connectivity index (χ0n) is 11.3. The second kappa shape index (κ2) is 7.98. The number of carboxylic acids is 1. The Morgan fingerprint density at radius 3 is 2.86 bits per heavy atom. The van der Waals surface area contributed by atoms with Gasteiger partial charge in [-0.3, -0.25) is 4.79 Å². The van der Waals surface area contributed by atoms with E-state index in [9.17, 15) is 9.59 Å². The smallest absolute Gasteiger partial charge is 0.328 e. The Kier molecular flexibility index (Phi) is 6.31. The van der Waals surface area contributed by atoms with E-state index in [1.165, 1.54) is 6.08 Å². The van der Waals surface area contributed by atoms with E-state index >= 15 is 0 Å². The van der Waals surface area contributed by atoms with Gasteiger partial charge in [0.1, 0.15) is 5.75 Å². The number of carboxylic acid groups (broad SMARTS) is 1. The van der Waals surface area contributed by atoms with Gasteiger partial charge in [0, 0.05) is 6.08 Å². The molecule has 1 atom stereocenters. The molecule has 0 saturated heterocycles. The molecule has 0 radical (unpaired) electrons. The summed E-state index contributed by atoms with van der Waals surface area (Å²) in [6.45, 7) is 1.69. The van der Waals surface area contributed by atoms with E-state index in [1.54, 1.807) is 25.1 Å². The lowest BCUT2D eigenvalue weighted by Crippen LogP contribution is -2.36. The summed E-state index contributed by atoms with van der Waals surface area (Å²) in [5.41, 5.74) is 0.610. The molecule has 0 aliphatic rings. The number of rotatable bonds is 6. The van der Waals surface area contributed by atoms with Crippen molar-refractivity contribution < 1.29 is 19.4 Å². The lowest BCUT2D eigenvalue weighted by atomic mass is 10.2. The van der Waals surface area contributed by atoms with E-state index in [2.05, 4.69) is 11.2 Å². The minimum absolute atomic E-state index is 0.124. The van der Waals surface area contributed by atoms with Crippen LogP contribution in [0.3, 0.4) is 0 Å². The molecule has 0 fully saturated rings. The number of carbonyl (C=O) groups excluding carboxylic acids is 1. The molecule has 1 rings (SSSR count). The highest BCUT2D eigenvalue weighted by Crippen LogP contribution is 2.27. The van der Waals surface area contributed by atoms with Crippen LogP contribution in [0.4, 0.5) is 0 Å². The summed E-state index contributed by atoms with van der Waals surface area (Å²) in [6.07, 6.45) is 6.70. The van der Waals surface area contributed by atoms with Crippen LogP contribution in [0.2, 0.25) is 5.02 Å². The minimum atomic E-state index is -1.05. The van der Waals surface area contributed by atoms with Crippen LogP contribution in [-0.2, 0) is 9.59 Å². The van der Waals surface area contributed by atoms with Crippen molar-refractivity contribution >= 4 is 29.6 Å². The van der Waals surface area contributed by atoms with Gasteiger partial charge in [-0.05, 0) is 30.7 Å². The largest absolute Gasteiger partial charge is 0.479 e. The van der Waals surface area contributed by atoms with Crippen LogP contribution in [0, 0.1) is 12.3 Å². The highest BCUT2D eigenvalue weighted by Gasteiger charge is 2.15. The van der Waals surface area contributed by atoms with Gasteiger partial charge in [0.25, 0.3) is 5.91 Å². The zero-order chi connectivity index (χ0) is 15.8. The van der Waals surface area contributed by atoms with Gasteiger partial charge in [-0.2, -0.15) is 0 Å². The first-order chi connectivity index (χ1) is 9.93. The topological polar surface area (TPSA) is 75.6 Å². The van der Waals surface area contributed by atoms with Crippen LogP contribution >= 0.6 is 11.6 Å². The molecule has 110 valence electrons. The van der Waals surface area contributed by atoms with E-state index in [0.29, 0.717) is 11.3 Å². The van der Waals surface area contributed by atoms with Gasteiger partial charge in [-0.1, -0.05) is 23.6 Å². The molecule has 21 heavy (non-hydrogen) atoms. The SMILES string of the molecule is C#CCNC(=O)C(C)Oc1ccc(C=CC(=O)O)cc1Cl. The number of halogens is 1. The molecule has 0 aliphatic carbocycles. The fourth-order valence-electron chi connectivity index (χ4n) is 1.41. The fraction of sp³-hybridized carbons (Fsp3) is 0.200. The number of hydrogen-bond donors (Lipinski definition) is 2. The number of ether oxygens (including phenoxy) is 1. The maximum absolute atomic E-state index is 11.6. The van der Waals surface area contributed by atoms with Crippen molar-refractivity contribution in [2.24, 2.45) is 0 Å². The average molecular weight is 308 g/mol. The number of carbonyl (C=O) groups is 2. The molecule has 0 spiro atoms. The summed E-state index contributed by atoms with van der Waals surface area (Å²) in [4.78, 5) is 22.0. The third-order valence-electron chi connectivity index (χ3n) is 2.41. The third kappa shape index (κ3) is 5.59. The van der Waals surface area contributed by atoms with Gasteiger partial charge in [-0.15, -0.1) is 6.42 Å². The summed E-state index contributed by atoms with van der Waals surface area (Å²) < 4.78 is 5.43. The van der Waals surface area contributed by atoms with E-state index in [1.807, 2.05) is 0 Å². The standard InChI is InChI=1S/C15H14ClNO4/c1-3-8-17-15(20)10(2)21-13-6-4-11(9-12(13)16)5-7-14(18)19/h1,4-7,9-10H,8H2,2H3,(H,17,20)(H,18,19). The van der Waals surface area contributed by atoms with Crippen molar-refractivity contribution in [3.8, 4) is 18.1 Å². The van der Waals surface area contributed by atoms with E-state index in [-0.39, 0.29) is 17.5 Å². The maximum atomic E-state index is 11.6. The number of benzene rings is 1. The van der Waals surface area contributed by atoms with Crippen molar-refractivity contribution in [1.29, 1.82) is 0 Å². The van der Waals surface area contributed by atoms with Gasteiger partial charge in [0.05, 0.1) is 11.6 Å². The second-order valence-electron chi connectivity index (χ2n) is 4.04. The molecule has 1 aromatic rings. The lowest BCUT2D eigenvalue weighted by molar-refractivity contribution is -0.131. The number of hydrogen-bond acceptors (Lipinski definition) is 3. The second-order valence-corrected chi connectivity index (χ2v) is 4.45. The molecule has 1 amide bonds. The Morgan fingerprint density at radius 2 is 2.29 bits per heavy atom. The van der Waals surface area contributed by atoms with Crippen LogP contribution in [0.25, 0.3) is 6.08 Å². The molecule has 0 aliphatic heterocycles. The quantitative estimate of drug-likeness (QED) is 0.622. The molecule has 1 aromatic carbocycles. The molecule has 0 aromatic heterocycles. The monoisotopic (exact) mass is 307 g/mol. The molecule has 0 heterocycles. The molecular formula is C15H14ClNO4. The van der Waals surface area contributed by atoms with Crippen molar-refractivity contribution in [3.63, 3.8) is 0 Å². The summed E-state index contributed by atoms with van der Waals surface area (Å²) in [6, 6.07) is 4.74. The van der Waals surface area contributed by atoms with Gasteiger partial charge in [-0.25, -0.2) is 4.79 Å². The first-order valence-corrected chi connectivity index (χ1v) is 6.40. The van der Waals surface area contributed by atoms with Gasteiger partial charge in [0.2, 0.25) is 0 Å². The first-order valence-electron chi connectivity index (χ1n) is 6.02. The number of terminal acetylenes is 1. The summed E-state index contributed by atoms with van der Waals surface area (Å²) in [5, 5.41) is 11.3. The normalized spacial score (nSPS) is 11.7. The molecule has 5 nitrogen and oxygen atoms in total. The van der Waals surface area contributed by atoms with Gasteiger partial charge >= 0.3 is 5.97 Å². The van der Waals surface area contributed by atoms with Crippen LogP contribution in [-0.4, -0.2) is 29.6 Å². The average Bonchev–Trinajstić information content (AvgIpc) is 2.44. The van der Waals surface area contributed by atoms with Crippen LogP contribution in [0.1, 0.15) is 12.5 Å². The lowest BCUT2D eigenvalue weighted by Gasteiger charge is -2.15. The number of nitrogens with one attached hydrogen (secondary N) is 1. The Morgan fingerprint density at radius 1 is 1.57 bits per heavy atom. The van der Waals surface area contributed by atoms with Crippen molar-refractivity contribution in [1.82, 2.24) is 5.32 Å². The summed E-state index contributed by atoms with van der Waals surface area (Å²) >= 11 is 6.03. The fourth-order valence-corrected chi connectivity index (χ4v) is 1.64. The highest BCUT2D eigenvalue weighted by molar-refractivity contribution is 6.32. The minimum Gasteiger partial charge on any atom is -0.479 e. The van der Waals surface area contributed by atoms with Crippen molar-refractivity contribution in [2.45, 2.75) is 13.0 Å². The zero-order valence-corrected chi connectivity index (χ0v) is 12.1. The predicted octanol–water partition coefficient (Wildman–Crippen LogP) is 1.95. The van der Waals surface area contributed by atoms with Gasteiger partial charge < -0.3 is 15.2 Å². The Labute approximate surface area is 127 Å². The van der Waals surface area contributed by atoms with Crippen LogP contribution < -0.4 is 10.1 Å². The molecule has 2 N–H and O–H groups in total. The number of aliphatic carboxylic acids is 1. The first kappa shape index (κ1) is 16.6. The molecule has 1 unspecified atom stereocenters. The van der Waals surface area contributed by atoms with E-state index in [4.69, 9.17) is 27.9 Å². The highest BCUT2D eigenvalue weighted by atomic mass is 35.5. The number of amides is 1. The molecular weight excluding hydrogens is 294 g/mol. The van der Waals surface area contributed by atoms with Crippen molar-refractivity contribution in [3.05, 3.63) is 34.9 Å². The Balaban J connectivity index is 2.75. The maximum Gasteiger partial charge on any atom is 0.328 e. The Bertz CT molecular complexity index is 604. The van der Waals surface area contributed by atoms with Crippen molar-refractivity contribution in [2.75, 3.05) is 6.54 Å². The van der Waals surface area contributed by atoms with Crippen LogP contribution in [0.5, 0.6) is 5.75 Å². The van der Waals surface area contributed by atoms with E-state index < -0.39 is 12.1 Å². The Hall–Kier alpha value is -2.45. The summed E-state index contributed by atoms with van der Waals surface area (Å²) in [5.74, 6) is 1.22. The molecule has 6 heteroatoms. The summed E-state index contributed by atoms with van der Waals surface area (Å²) in [7, 11) is 0. The third-order valence-corrected chi connectivity index (χ3v) is 2.71. The predicted molar refractivity (Wildman–Crippen MR) is 80.1 cm³/mol. The molecule has 0 bridgehead atoms. The van der Waals surface area contributed by atoms with E-state index in [0.717, 1.165) is 6.08 Å². The van der Waals surface area contributed by atoms with Crippen LogP contribution in [0.15, 0.2) is 24.3 Å².